The zero-order valence-corrected chi connectivity index (χ0v) is 11.8. The molecule has 4 heteroatoms. The number of halogens is 1. The van der Waals surface area contributed by atoms with E-state index in [1.165, 1.54) is 0 Å². The molecule has 0 radical (unpaired) electrons. The summed E-state index contributed by atoms with van der Waals surface area (Å²) in [4.78, 5) is 12.2. The molecular formula is C14H15BrO3. The second-order valence-corrected chi connectivity index (χ2v) is 6.10. The molecule has 18 heavy (non-hydrogen) atoms. The van der Waals surface area contributed by atoms with Crippen molar-refractivity contribution < 1.29 is 14.3 Å². The normalized spacial score (nSPS) is 31.0. The highest BCUT2D eigenvalue weighted by atomic mass is 79.9. The van der Waals surface area contributed by atoms with Crippen LogP contribution in [-0.2, 0) is 4.74 Å². The van der Waals surface area contributed by atoms with Crippen molar-refractivity contribution in [2.45, 2.75) is 37.9 Å². The molecule has 0 saturated carbocycles. The van der Waals surface area contributed by atoms with E-state index in [4.69, 9.17) is 9.47 Å². The maximum Gasteiger partial charge on any atom is 0.170 e. The van der Waals surface area contributed by atoms with Crippen molar-refractivity contribution in [3.05, 3.63) is 28.2 Å². The number of hydrogen-bond acceptors (Lipinski definition) is 3. The van der Waals surface area contributed by atoms with Crippen molar-refractivity contribution in [3.63, 3.8) is 0 Å². The SMILES string of the molecule is CC1CCC2(CO1)CC(=O)c1cc(Br)ccc1O2. The highest BCUT2D eigenvalue weighted by molar-refractivity contribution is 9.10. The Balaban J connectivity index is 1.92. The summed E-state index contributed by atoms with van der Waals surface area (Å²) in [5.74, 6) is 0.836. The van der Waals surface area contributed by atoms with E-state index >= 15 is 0 Å². The molecule has 0 aromatic heterocycles. The fourth-order valence-electron chi connectivity index (χ4n) is 2.60. The van der Waals surface area contributed by atoms with E-state index < -0.39 is 5.60 Å². The molecule has 1 spiro atoms. The van der Waals surface area contributed by atoms with Gasteiger partial charge in [-0.15, -0.1) is 0 Å². The molecule has 2 aliphatic heterocycles. The summed E-state index contributed by atoms with van der Waals surface area (Å²) in [7, 11) is 0. The Bertz CT molecular complexity index is 490. The van der Waals surface area contributed by atoms with Crippen LogP contribution in [0.25, 0.3) is 0 Å². The van der Waals surface area contributed by atoms with Crippen LogP contribution >= 0.6 is 15.9 Å². The lowest BCUT2D eigenvalue weighted by Crippen LogP contribution is -2.49. The van der Waals surface area contributed by atoms with E-state index in [0.717, 1.165) is 17.3 Å². The van der Waals surface area contributed by atoms with Crippen LogP contribution in [0.3, 0.4) is 0 Å². The van der Waals surface area contributed by atoms with Gasteiger partial charge >= 0.3 is 0 Å². The maximum absolute atomic E-state index is 12.2. The first-order chi connectivity index (χ1) is 8.58. The Morgan fingerprint density at radius 3 is 3.00 bits per heavy atom. The number of carbonyl (C=O) groups is 1. The molecule has 3 nitrogen and oxygen atoms in total. The molecule has 1 saturated heterocycles. The first-order valence-electron chi connectivity index (χ1n) is 6.21. The fourth-order valence-corrected chi connectivity index (χ4v) is 2.96. The predicted molar refractivity (Wildman–Crippen MR) is 71.1 cm³/mol. The van der Waals surface area contributed by atoms with E-state index in [1.807, 2.05) is 18.2 Å². The molecule has 1 aromatic rings. The third-order valence-electron chi connectivity index (χ3n) is 3.69. The fraction of sp³-hybridized carbons (Fsp3) is 0.500. The van der Waals surface area contributed by atoms with Crippen molar-refractivity contribution in [3.8, 4) is 5.75 Å². The average Bonchev–Trinajstić information content (AvgIpc) is 2.35. The zero-order valence-electron chi connectivity index (χ0n) is 10.2. The number of benzene rings is 1. The Morgan fingerprint density at radius 2 is 2.28 bits per heavy atom. The van der Waals surface area contributed by atoms with Gasteiger partial charge in [0.2, 0.25) is 0 Å². The number of hydrogen-bond donors (Lipinski definition) is 0. The molecule has 2 heterocycles. The van der Waals surface area contributed by atoms with Crippen molar-refractivity contribution in [1.29, 1.82) is 0 Å². The first-order valence-corrected chi connectivity index (χ1v) is 7.01. The van der Waals surface area contributed by atoms with Crippen LogP contribution in [0.4, 0.5) is 0 Å². The average molecular weight is 311 g/mol. The van der Waals surface area contributed by atoms with Gasteiger partial charge in [0.15, 0.2) is 5.78 Å². The smallest absolute Gasteiger partial charge is 0.170 e. The van der Waals surface area contributed by atoms with Crippen molar-refractivity contribution in [1.82, 2.24) is 0 Å². The summed E-state index contributed by atoms with van der Waals surface area (Å²) in [5, 5.41) is 0. The van der Waals surface area contributed by atoms with Crippen LogP contribution in [0.5, 0.6) is 5.75 Å². The summed E-state index contributed by atoms with van der Waals surface area (Å²) in [6.45, 7) is 2.57. The molecule has 1 aromatic carbocycles. The van der Waals surface area contributed by atoms with Crippen LogP contribution in [-0.4, -0.2) is 24.1 Å². The van der Waals surface area contributed by atoms with Gasteiger partial charge in [0.05, 0.1) is 24.7 Å². The molecule has 0 amide bonds. The summed E-state index contributed by atoms with van der Waals surface area (Å²) >= 11 is 3.38. The number of Topliss-reactive ketones (excluding diaryl/α,β-unsaturated/α-hetero) is 1. The summed E-state index contributed by atoms with van der Waals surface area (Å²) in [6.07, 6.45) is 2.51. The van der Waals surface area contributed by atoms with Gasteiger partial charge < -0.3 is 9.47 Å². The summed E-state index contributed by atoms with van der Waals surface area (Å²) < 4.78 is 12.6. The Kier molecular flexibility index (Phi) is 2.94. The van der Waals surface area contributed by atoms with E-state index in [2.05, 4.69) is 22.9 Å². The van der Waals surface area contributed by atoms with E-state index in [-0.39, 0.29) is 11.9 Å². The van der Waals surface area contributed by atoms with Gasteiger partial charge in [-0.3, -0.25) is 4.79 Å². The van der Waals surface area contributed by atoms with Gasteiger partial charge in [-0.05, 0) is 38.0 Å². The quantitative estimate of drug-likeness (QED) is 0.737. The molecule has 0 N–H and O–H groups in total. The molecule has 0 aliphatic carbocycles. The minimum absolute atomic E-state index is 0.149. The van der Waals surface area contributed by atoms with Crippen LogP contribution < -0.4 is 4.74 Å². The Labute approximate surface area is 115 Å². The standard InChI is InChI=1S/C14H15BrO3/c1-9-4-5-14(8-17-9)7-12(16)11-6-10(15)2-3-13(11)18-14/h2-3,6,9H,4-5,7-8H2,1H3. The highest BCUT2D eigenvalue weighted by Crippen LogP contribution is 2.39. The van der Waals surface area contributed by atoms with E-state index in [1.54, 1.807) is 0 Å². The minimum atomic E-state index is -0.440. The Hall–Kier alpha value is -0.870. The zero-order chi connectivity index (χ0) is 12.8. The number of rotatable bonds is 0. The molecule has 2 aliphatic rings. The number of fused-ring (bicyclic) bond motifs is 1. The van der Waals surface area contributed by atoms with Crippen LogP contribution in [0.1, 0.15) is 36.5 Å². The number of ether oxygens (including phenoxy) is 2. The molecule has 2 atom stereocenters. The van der Waals surface area contributed by atoms with E-state index in [9.17, 15) is 4.79 Å². The van der Waals surface area contributed by atoms with Crippen molar-refractivity contribution in [2.75, 3.05) is 6.61 Å². The van der Waals surface area contributed by atoms with Gasteiger partial charge in [-0.25, -0.2) is 0 Å². The molecule has 2 unspecified atom stereocenters. The lowest BCUT2D eigenvalue weighted by atomic mass is 9.84. The van der Waals surface area contributed by atoms with Gasteiger partial charge in [-0.2, -0.15) is 0 Å². The van der Waals surface area contributed by atoms with Gasteiger partial charge in [0.1, 0.15) is 11.4 Å². The monoisotopic (exact) mass is 310 g/mol. The highest BCUT2D eigenvalue weighted by Gasteiger charge is 2.43. The topological polar surface area (TPSA) is 35.5 Å². The minimum Gasteiger partial charge on any atom is -0.484 e. The number of ketones is 1. The maximum atomic E-state index is 12.2. The van der Waals surface area contributed by atoms with Gasteiger partial charge in [0, 0.05) is 4.47 Å². The first kappa shape index (κ1) is 12.2. The third kappa shape index (κ3) is 2.08. The number of carbonyl (C=O) groups excluding carboxylic acids is 1. The lowest BCUT2D eigenvalue weighted by molar-refractivity contribution is -0.101. The largest absolute Gasteiger partial charge is 0.484 e. The van der Waals surface area contributed by atoms with Crippen LogP contribution in [0, 0.1) is 0 Å². The molecular weight excluding hydrogens is 296 g/mol. The van der Waals surface area contributed by atoms with Crippen molar-refractivity contribution >= 4 is 21.7 Å². The van der Waals surface area contributed by atoms with Crippen LogP contribution in [0.15, 0.2) is 22.7 Å². The van der Waals surface area contributed by atoms with Gasteiger partial charge in [0.25, 0.3) is 0 Å². The lowest BCUT2D eigenvalue weighted by Gasteiger charge is -2.42. The predicted octanol–water partition coefficient (Wildman–Crippen LogP) is 3.35. The van der Waals surface area contributed by atoms with Gasteiger partial charge in [-0.1, -0.05) is 15.9 Å². The second kappa shape index (κ2) is 4.35. The molecule has 0 bridgehead atoms. The molecule has 1 fully saturated rings. The summed E-state index contributed by atoms with van der Waals surface area (Å²) in [5.41, 5.74) is 0.235. The molecule has 96 valence electrons. The molecule has 3 rings (SSSR count). The van der Waals surface area contributed by atoms with E-state index in [0.29, 0.717) is 24.3 Å². The van der Waals surface area contributed by atoms with Crippen molar-refractivity contribution in [2.24, 2.45) is 0 Å². The Morgan fingerprint density at radius 1 is 1.44 bits per heavy atom. The summed E-state index contributed by atoms with van der Waals surface area (Å²) in [6, 6.07) is 5.59. The third-order valence-corrected chi connectivity index (χ3v) is 4.18. The second-order valence-electron chi connectivity index (χ2n) is 5.19. The van der Waals surface area contributed by atoms with Crippen LogP contribution in [0.2, 0.25) is 0 Å².